The lowest BCUT2D eigenvalue weighted by Crippen LogP contribution is -2.54. The van der Waals surface area contributed by atoms with Crippen LogP contribution in [0.4, 0.5) is 22.0 Å². The summed E-state index contributed by atoms with van der Waals surface area (Å²) in [5.41, 5.74) is -2.95. The minimum absolute atomic E-state index is 0.484. The van der Waals surface area contributed by atoms with Gasteiger partial charge in [-0.05, 0) is 25.0 Å². The van der Waals surface area contributed by atoms with Crippen LogP contribution >= 0.6 is 0 Å². The van der Waals surface area contributed by atoms with Crippen LogP contribution in [0, 0.1) is 11.6 Å². The van der Waals surface area contributed by atoms with Crippen LogP contribution in [0.15, 0.2) is 23.1 Å². The molecule has 0 radical (unpaired) electrons. The van der Waals surface area contributed by atoms with Crippen molar-refractivity contribution < 1.29 is 35.5 Å². The molecule has 0 spiro atoms. The largest absolute Gasteiger partial charge is 0.417 e. The lowest BCUT2D eigenvalue weighted by Gasteiger charge is -2.38. The fourth-order valence-electron chi connectivity index (χ4n) is 2.21. The number of hydrogen-bond donors (Lipinski definition) is 1. The van der Waals surface area contributed by atoms with Crippen LogP contribution in [0.25, 0.3) is 0 Å². The highest BCUT2D eigenvalue weighted by atomic mass is 32.2. The molecule has 1 aliphatic rings. The summed E-state index contributed by atoms with van der Waals surface area (Å²) < 4.78 is 89.2. The molecule has 0 aliphatic carbocycles. The van der Waals surface area contributed by atoms with Crippen molar-refractivity contribution in [2.45, 2.75) is 29.5 Å². The van der Waals surface area contributed by atoms with Gasteiger partial charge < -0.3 is 5.11 Å². The summed E-state index contributed by atoms with van der Waals surface area (Å²) in [4.78, 5) is -0.678. The van der Waals surface area contributed by atoms with E-state index in [0.717, 1.165) is 0 Å². The SMILES string of the molecule is O=S(=O)(c1cc(F)cc(F)c1)N1CCC(O)(C(F)(F)F)CC1. The molecule has 0 bridgehead atoms. The molecule has 2 rings (SSSR count). The maximum atomic E-state index is 13.1. The number of benzene rings is 1. The molecular formula is C12H12F5NO3S. The van der Waals surface area contributed by atoms with Crippen molar-refractivity contribution in [2.75, 3.05) is 13.1 Å². The van der Waals surface area contributed by atoms with E-state index >= 15 is 0 Å². The molecule has 0 aromatic heterocycles. The predicted octanol–water partition coefficient (Wildman–Crippen LogP) is 2.04. The number of sulfonamides is 1. The first-order chi connectivity index (χ1) is 9.96. The molecule has 22 heavy (non-hydrogen) atoms. The van der Waals surface area contributed by atoms with Crippen molar-refractivity contribution in [3.8, 4) is 0 Å². The number of halogens is 5. The van der Waals surface area contributed by atoms with Crippen LogP contribution in [0.2, 0.25) is 0 Å². The minimum Gasteiger partial charge on any atom is -0.380 e. The van der Waals surface area contributed by atoms with E-state index in [1.54, 1.807) is 0 Å². The van der Waals surface area contributed by atoms with Gasteiger partial charge in [0.05, 0.1) is 4.90 Å². The van der Waals surface area contributed by atoms with Gasteiger partial charge in [0.25, 0.3) is 0 Å². The van der Waals surface area contributed by atoms with Crippen molar-refractivity contribution >= 4 is 10.0 Å². The summed E-state index contributed by atoms with van der Waals surface area (Å²) in [6.45, 7) is -1.20. The Hall–Kier alpha value is -1.26. The Morgan fingerprint density at radius 2 is 1.50 bits per heavy atom. The third kappa shape index (κ3) is 3.08. The minimum atomic E-state index is -4.87. The normalized spacial score (nSPS) is 20.1. The molecule has 0 unspecified atom stereocenters. The molecule has 0 amide bonds. The monoisotopic (exact) mass is 345 g/mol. The van der Waals surface area contributed by atoms with Gasteiger partial charge in [-0.1, -0.05) is 0 Å². The Morgan fingerprint density at radius 1 is 1.05 bits per heavy atom. The standard InChI is InChI=1S/C12H12F5NO3S/c13-8-5-9(14)7-10(6-8)22(20,21)18-3-1-11(19,2-4-18)12(15,16)17/h5-7,19H,1-4H2. The van der Waals surface area contributed by atoms with E-state index in [4.69, 9.17) is 0 Å². The van der Waals surface area contributed by atoms with Gasteiger partial charge >= 0.3 is 6.18 Å². The summed E-state index contributed by atoms with van der Waals surface area (Å²) in [7, 11) is -4.33. The molecule has 1 N–H and O–H groups in total. The third-order valence-corrected chi connectivity index (χ3v) is 5.43. The van der Waals surface area contributed by atoms with E-state index in [0.29, 0.717) is 22.5 Å². The lowest BCUT2D eigenvalue weighted by molar-refractivity contribution is -0.270. The van der Waals surface area contributed by atoms with Crippen LogP contribution in [-0.4, -0.2) is 42.7 Å². The molecule has 1 aromatic rings. The van der Waals surface area contributed by atoms with Crippen LogP contribution in [-0.2, 0) is 10.0 Å². The molecule has 1 aromatic carbocycles. The van der Waals surface area contributed by atoms with Gasteiger partial charge in [-0.3, -0.25) is 0 Å². The molecule has 0 saturated carbocycles. The second kappa shape index (κ2) is 5.43. The maximum absolute atomic E-state index is 13.1. The van der Waals surface area contributed by atoms with E-state index in [9.17, 15) is 35.5 Å². The van der Waals surface area contributed by atoms with Gasteiger partial charge in [-0.2, -0.15) is 17.5 Å². The number of alkyl halides is 3. The van der Waals surface area contributed by atoms with Gasteiger partial charge in [-0.15, -0.1) is 0 Å². The molecule has 0 atom stereocenters. The van der Waals surface area contributed by atoms with Crippen LogP contribution in [0.1, 0.15) is 12.8 Å². The molecule has 1 aliphatic heterocycles. The molecular weight excluding hydrogens is 333 g/mol. The predicted molar refractivity (Wildman–Crippen MR) is 65.4 cm³/mol. The average Bonchev–Trinajstić information content (AvgIpc) is 2.36. The van der Waals surface area contributed by atoms with Crippen molar-refractivity contribution in [3.63, 3.8) is 0 Å². The summed E-state index contributed by atoms with van der Waals surface area (Å²) in [6.07, 6.45) is -6.55. The molecule has 1 fully saturated rings. The topological polar surface area (TPSA) is 57.6 Å². The van der Waals surface area contributed by atoms with E-state index in [-0.39, 0.29) is 0 Å². The van der Waals surface area contributed by atoms with Gasteiger partial charge in [0, 0.05) is 19.2 Å². The first-order valence-corrected chi connectivity index (χ1v) is 7.65. The van der Waals surface area contributed by atoms with Gasteiger partial charge in [0.15, 0.2) is 5.60 Å². The zero-order valence-electron chi connectivity index (χ0n) is 11.1. The van der Waals surface area contributed by atoms with E-state index in [2.05, 4.69) is 0 Å². The molecule has 1 saturated heterocycles. The Labute approximate surface area is 123 Å². The Morgan fingerprint density at radius 3 is 1.91 bits per heavy atom. The first kappa shape index (κ1) is 17.1. The summed E-state index contributed by atoms with van der Waals surface area (Å²) in [5, 5.41) is 9.48. The number of rotatable bonds is 2. The van der Waals surface area contributed by atoms with Gasteiger partial charge in [-0.25, -0.2) is 17.2 Å². The van der Waals surface area contributed by atoms with Crippen LogP contribution < -0.4 is 0 Å². The Balaban J connectivity index is 2.23. The number of nitrogens with zero attached hydrogens (tertiary/aromatic N) is 1. The van der Waals surface area contributed by atoms with Gasteiger partial charge in [0.2, 0.25) is 10.0 Å². The summed E-state index contributed by atoms with van der Waals surface area (Å²) in [5.74, 6) is -2.22. The van der Waals surface area contributed by atoms with Crippen molar-refractivity contribution in [1.82, 2.24) is 4.31 Å². The zero-order chi connectivity index (χ0) is 16.8. The third-order valence-electron chi connectivity index (χ3n) is 3.55. The van der Waals surface area contributed by atoms with E-state index in [1.165, 1.54) is 0 Å². The average molecular weight is 345 g/mol. The van der Waals surface area contributed by atoms with Crippen LogP contribution in [0.3, 0.4) is 0 Å². The second-order valence-corrected chi connectivity index (χ2v) is 6.98. The highest BCUT2D eigenvalue weighted by molar-refractivity contribution is 7.89. The van der Waals surface area contributed by atoms with Crippen molar-refractivity contribution in [1.29, 1.82) is 0 Å². The number of piperidine rings is 1. The highest BCUT2D eigenvalue weighted by Crippen LogP contribution is 2.39. The van der Waals surface area contributed by atoms with Crippen molar-refractivity contribution in [2.24, 2.45) is 0 Å². The number of aliphatic hydroxyl groups is 1. The molecule has 1 heterocycles. The first-order valence-electron chi connectivity index (χ1n) is 6.21. The molecule has 124 valence electrons. The zero-order valence-corrected chi connectivity index (χ0v) is 11.9. The smallest absolute Gasteiger partial charge is 0.380 e. The molecule has 4 nitrogen and oxygen atoms in total. The highest BCUT2D eigenvalue weighted by Gasteiger charge is 2.55. The second-order valence-electron chi connectivity index (χ2n) is 5.04. The Bertz CT molecular complexity index is 646. The van der Waals surface area contributed by atoms with E-state index < -0.39 is 64.3 Å². The van der Waals surface area contributed by atoms with Gasteiger partial charge in [0.1, 0.15) is 11.6 Å². The molecule has 10 heteroatoms. The quantitative estimate of drug-likeness (QED) is 0.835. The number of hydrogen-bond acceptors (Lipinski definition) is 3. The fraction of sp³-hybridized carbons (Fsp3) is 0.500. The Kier molecular flexibility index (Phi) is 4.22. The lowest BCUT2D eigenvalue weighted by atomic mass is 9.92. The summed E-state index contributed by atoms with van der Waals surface area (Å²) in [6, 6.07) is 1.66. The van der Waals surface area contributed by atoms with E-state index in [1.807, 2.05) is 0 Å². The maximum Gasteiger partial charge on any atom is 0.417 e. The fourth-order valence-corrected chi connectivity index (χ4v) is 3.69. The van der Waals surface area contributed by atoms with Crippen molar-refractivity contribution in [3.05, 3.63) is 29.8 Å². The summed E-state index contributed by atoms with van der Waals surface area (Å²) >= 11 is 0. The van der Waals surface area contributed by atoms with Crippen LogP contribution in [0.5, 0.6) is 0 Å².